The third-order valence-electron chi connectivity index (χ3n) is 5.50. The number of aromatic nitrogens is 2. The van der Waals surface area contributed by atoms with Gasteiger partial charge in [0.2, 0.25) is 5.91 Å². The molecule has 0 spiro atoms. The van der Waals surface area contributed by atoms with Crippen LogP contribution >= 0.6 is 0 Å². The van der Waals surface area contributed by atoms with Crippen LogP contribution < -0.4 is 0 Å². The normalized spacial score (nSPS) is 18.2. The predicted octanol–water partition coefficient (Wildman–Crippen LogP) is 1.91. The number of amides is 2. The van der Waals surface area contributed by atoms with Crippen LogP contribution in [0.1, 0.15) is 68.6 Å². The summed E-state index contributed by atoms with van der Waals surface area (Å²) in [6.45, 7) is 7.00. The van der Waals surface area contributed by atoms with Crippen LogP contribution in [0, 0.1) is 5.92 Å². The highest BCUT2D eigenvalue weighted by molar-refractivity contribution is 5.95. The van der Waals surface area contributed by atoms with Crippen molar-refractivity contribution in [2.45, 2.75) is 57.9 Å². The quantitative estimate of drug-likeness (QED) is 0.829. The molecule has 28 heavy (non-hydrogen) atoms. The molecule has 8 nitrogen and oxygen atoms in total. The van der Waals surface area contributed by atoms with E-state index in [9.17, 15) is 14.4 Å². The molecule has 2 fully saturated rings. The third-order valence-corrected chi connectivity index (χ3v) is 5.50. The van der Waals surface area contributed by atoms with Crippen molar-refractivity contribution in [1.29, 1.82) is 0 Å². The lowest BCUT2D eigenvalue weighted by molar-refractivity contribution is -0.145. The van der Waals surface area contributed by atoms with E-state index in [-0.39, 0.29) is 29.8 Å². The van der Waals surface area contributed by atoms with Crippen LogP contribution in [0.5, 0.6) is 0 Å². The number of hydrogen-bond donors (Lipinski definition) is 1. The molecule has 1 aromatic rings. The maximum absolute atomic E-state index is 12.8. The van der Waals surface area contributed by atoms with Gasteiger partial charge in [0, 0.05) is 31.7 Å². The van der Waals surface area contributed by atoms with Gasteiger partial charge in [-0.05, 0) is 52.5 Å². The van der Waals surface area contributed by atoms with Gasteiger partial charge < -0.3 is 14.9 Å². The number of likely N-dealkylation sites (N-methyl/N-ethyl adjacent to an activating group) is 1. The Bertz CT molecular complexity index is 768. The molecule has 0 bridgehead atoms. The highest BCUT2D eigenvalue weighted by atomic mass is 16.4. The number of nitrogens with zero attached hydrogens (tertiary/aromatic N) is 4. The molecule has 0 atom stereocenters. The molecule has 1 aliphatic heterocycles. The molecule has 2 heterocycles. The van der Waals surface area contributed by atoms with Gasteiger partial charge in [-0.1, -0.05) is 0 Å². The van der Waals surface area contributed by atoms with Gasteiger partial charge in [0.25, 0.3) is 5.91 Å². The smallest absolute Gasteiger partial charge is 0.306 e. The van der Waals surface area contributed by atoms with Crippen LogP contribution in [-0.2, 0) is 15.1 Å². The van der Waals surface area contributed by atoms with E-state index in [4.69, 9.17) is 5.11 Å². The number of carboxylic acid groups (broad SMARTS) is 1. The van der Waals surface area contributed by atoms with Crippen molar-refractivity contribution in [3.8, 4) is 0 Å². The topological polar surface area (TPSA) is 95.7 Å². The number of aliphatic carboxylic acids is 1. The Balaban J connectivity index is 1.63. The molecule has 2 aliphatic rings. The Morgan fingerprint density at radius 3 is 2.29 bits per heavy atom. The van der Waals surface area contributed by atoms with Crippen molar-refractivity contribution in [2.75, 3.05) is 26.7 Å². The first-order valence-electron chi connectivity index (χ1n) is 9.94. The monoisotopic (exact) mass is 390 g/mol. The summed E-state index contributed by atoms with van der Waals surface area (Å²) in [5.74, 6) is -1.14. The fourth-order valence-corrected chi connectivity index (χ4v) is 3.65. The summed E-state index contributed by atoms with van der Waals surface area (Å²) >= 11 is 0. The number of carbonyl (C=O) groups is 3. The minimum Gasteiger partial charge on any atom is -0.481 e. The van der Waals surface area contributed by atoms with Gasteiger partial charge in [-0.2, -0.15) is 5.10 Å². The fourth-order valence-electron chi connectivity index (χ4n) is 3.65. The van der Waals surface area contributed by atoms with Gasteiger partial charge in [0.05, 0.1) is 18.0 Å². The summed E-state index contributed by atoms with van der Waals surface area (Å²) in [6, 6.07) is 1.87. The van der Waals surface area contributed by atoms with E-state index >= 15 is 0 Å². The largest absolute Gasteiger partial charge is 0.481 e. The Morgan fingerprint density at radius 2 is 1.79 bits per heavy atom. The lowest BCUT2D eigenvalue weighted by Gasteiger charge is -2.31. The molecule has 0 radical (unpaired) electrons. The van der Waals surface area contributed by atoms with E-state index in [1.165, 1.54) is 4.90 Å². The van der Waals surface area contributed by atoms with E-state index in [0.29, 0.717) is 37.5 Å². The second kappa shape index (κ2) is 7.56. The Morgan fingerprint density at radius 1 is 1.18 bits per heavy atom. The number of rotatable bonds is 5. The molecule has 1 saturated carbocycles. The minimum absolute atomic E-state index is 0.0300. The van der Waals surface area contributed by atoms with Crippen LogP contribution in [0.4, 0.5) is 0 Å². The SMILES string of the molecule is CN(CC(=O)N1CCC(C(=O)O)CC1)C(=O)c1cc(C2CC2)n(C(C)(C)C)n1. The summed E-state index contributed by atoms with van der Waals surface area (Å²) < 4.78 is 1.93. The second-order valence-corrected chi connectivity index (χ2v) is 8.97. The number of carboxylic acids is 1. The van der Waals surface area contributed by atoms with Crippen molar-refractivity contribution in [3.63, 3.8) is 0 Å². The number of likely N-dealkylation sites (tertiary alicyclic amines) is 1. The molecule has 1 N–H and O–H groups in total. The molecule has 0 aromatic carbocycles. The van der Waals surface area contributed by atoms with Crippen LogP contribution in [0.25, 0.3) is 0 Å². The molecule has 1 aliphatic carbocycles. The highest BCUT2D eigenvalue weighted by Gasteiger charge is 2.33. The van der Waals surface area contributed by atoms with Crippen LogP contribution in [0.3, 0.4) is 0 Å². The van der Waals surface area contributed by atoms with Gasteiger partial charge >= 0.3 is 5.97 Å². The first kappa shape index (κ1) is 20.4. The Labute approximate surface area is 165 Å². The summed E-state index contributed by atoms with van der Waals surface area (Å²) in [7, 11) is 1.61. The van der Waals surface area contributed by atoms with E-state index < -0.39 is 5.97 Å². The summed E-state index contributed by atoms with van der Waals surface area (Å²) in [4.78, 5) is 39.5. The van der Waals surface area contributed by atoms with Crippen LogP contribution in [-0.4, -0.2) is 69.2 Å². The number of hydrogen-bond acceptors (Lipinski definition) is 4. The van der Waals surface area contributed by atoms with Gasteiger partial charge in [0.1, 0.15) is 0 Å². The van der Waals surface area contributed by atoms with Crippen LogP contribution in [0.2, 0.25) is 0 Å². The maximum atomic E-state index is 12.8. The average molecular weight is 390 g/mol. The molecule has 8 heteroatoms. The zero-order valence-corrected chi connectivity index (χ0v) is 17.1. The Hall–Kier alpha value is -2.38. The van der Waals surface area contributed by atoms with E-state index in [1.807, 2.05) is 10.7 Å². The van der Waals surface area contributed by atoms with Gasteiger partial charge in [0.15, 0.2) is 5.69 Å². The molecule has 2 amide bonds. The summed E-state index contributed by atoms with van der Waals surface area (Å²) in [5, 5.41) is 13.6. The molecule has 0 unspecified atom stereocenters. The minimum atomic E-state index is -0.805. The highest BCUT2D eigenvalue weighted by Crippen LogP contribution is 2.41. The molecule has 1 aromatic heterocycles. The van der Waals surface area contributed by atoms with E-state index in [1.54, 1.807) is 11.9 Å². The van der Waals surface area contributed by atoms with Crippen molar-refractivity contribution in [2.24, 2.45) is 5.92 Å². The fraction of sp³-hybridized carbons (Fsp3) is 0.700. The number of piperidine rings is 1. The molecule has 3 rings (SSSR count). The first-order valence-corrected chi connectivity index (χ1v) is 9.94. The summed E-state index contributed by atoms with van der Waals surface area (Å²) in [6.07, 6.45) is 3.16. The lowest BCUT2D eigenvalue weighted by atomic mass is 9.97. The maximum Gasteiger partial charge on any atom is 0.306 e. The van der Waals surface area contributed by atoms with Crippen molar-refractivity contribution < 1.29 is 19.5 Å². The molecule has 1 saturated heterocycles. The second-order valence-electron chi connectivity index (χ2n) is 8.97. The standard InChI is InChI=1S/C20H30N4O4/c1-20(2,3)24-16(13-5-6-13)11-15(21-24)18(26)22(4)12-17(25)23-9-7-14(8-10-23)19(27)28/h11,13-14H,5-10,12H2,1-4H3,(H,27,28). The van der Waals surface area contributed by atoms with Crippen LogP contribution in [0.15, 0.2) is 6.07 Å². The molecular weight excluding hydrogens is 360 g/mol. The Kier molecular flexibility index (Phi) is 5.50. The predicted molar refractivity (Wildman–Crippen MR) is 103 cm³/mol. The first-order chi connectivity index (χ1) is 13.1. The summed E-state index contributed by atoms with van der Waals surface area (Å²) in [5.41, 5.74) is 1.25. The van der Waals surface area contributed by atoms with E-state index in [2.05, 4.69) is 25.9 Å². The van der Waals surface area contributed by atoms with Crippen molar-refractivity contribution >= 4 is 17.8 Å². The zero-order valence-electron chi connectivity index (χ0n) is 17.1. The zero-order chi connectivity index (χ0) is 20.6. The van der Waals surface area contributed by atoms with Crippen molar-refractivity contribution in [3.05, 3.63) is 17.5 Å². The van der Waals surface area contributed by atoms with Gasteiger partial charge in [-0.15, -0.1) is 0 Å². The lowest BCUT2D eigenvalue weighted by Crippen LogP contribution is -2.45. The van der Waals surface area contributed by atoms with Crippen molar-refractivity contribution in [1.82, 2.24) is 19.6 Å². The average Bonchev–Trinajstić information content (AvgIpc) is 3.37. The van der Waals surface area contributed by atoms with E-state index in [0.717, 1.165) is 18.5 Å². The third kappa shape index (κ3) is 4.36. The van der Waals surface area contributed by atoms with Gasteiger partial charge in [-0.25, -0.2) is 0 Å². The molecule has 154 valence electrons. The number of carbonyl (C=O) groups excluding carboxylic acids is 2. The molecular formula is C20H30N4O4. The van der Waals surface area contributed by atoms with Gasteiger partial charge in [-0.3, -0.25) is 19.1 Å².